The van der Waals surface area contributed by atoms with Crippen molar-refractivity contribution in [3.63, 3.8) is 0 Å². The molecule has 0 spiro atoms. The van der Waals surface area contributed by atoms with Gasteiger partial charge in [-0.05, 0) is 36.8 Å². The van der Waals surface area contributed by atoms with Crippen LogP contribution in [0.1, 0.15) is 16.1 Å². The Morgan fingerprint density at radius 2 is 2.09 bits per heavy atom. The summed E-state index contributed by atoms with van der Waals surface area (Å²) in [7, 11) is 0. The van der Waals surface area contributed by atoms with E-state index in [4.69, 9.17) is 17.3 Å². The Morgan fingerprint density at radius 1 is 1.27 bits per heavy atom. The lowest BCUT2D eigenvalue weighted by atomic mass is 10.1. The molecule has 6 heteroatoms. The van der Waals surface area contributed by atoms with E-state index < -0.39 is 5.91 Å². The topological polar surface area (TPSA) is 68.9 Å². The molecule has 0 aliphatic rings. The molecular weight excluding hydrogens is 318 g/mol. The SMILES string of the molecule is Cc1nc(-c2cccnc2)sc1-c1ccc(Cl)c(C(N)=O)c1. The van der Waals surface area contributed by atoms with Gasteiger partial charge in [0.25, 0.3) is 0 Å². The zero-order valence-corrected chi connectivity index (χ0v) is 13.3. The van der Waals surface area contributed by atoms with Crippen LogP contribution >= 0.6 is 22.9 Å². The van der Waals surface area contributed by atoms with Gasteiger partial charge in [0, 0.05) is 18.0 Å². The number of benzene rings is 1. The fourth-order valence-corrected chi connectivity index (χ4v) is 3.40. The summed E-state index contributed by atoms with van der Waals surface area (Å²) in [5.41, 5.74) is 8.40. The van der Waals surface area contributed by atoms with Crippen LogP contribution in [0.2, 0.25) is 5.02 Å². The molecule has 0 fully saturated rings. The quantitative estimate of drug-likeness (QED) is 0.791. The number of primary amides is 1. The lowest BCUT2D eigenvalue weighted by Crippen LogP contribution is -2.11. The number of rotatable bonds is 3. The minimum absolute atomic E-state index is 0.315. The first kappa shape index (κ1) is 14.7. The molecule has 0 aliphatic carbocycles. The standard InChI is InChI=1S/C16H12ClN3OS/c1-9-14(10-4-5-13(17)12(7-10)15(18)21)22-16(20-9)11-3-2-6-19-8-11/h2-8H,1H3,(H2,18,21). The third kappa shape index (κ3) is 2.73. The number of carbonyl (C=O) groups excluding carboxylic acids is 1. The van der Waals surface area contributed by atoms with Crippen LogP contribution in [0.5, 0.6) is 0 Å². The molecule has 0 radical (unpaired) electrons. The summed E-state index contributed by atoms with van der Waals surface area (Å²) in [5, 5.41) is 1.24. The number of aromatic nitrogens is 2. The number of hydrogen-bond acceptors (Lipinski definition) is 4. The third-order valence-corrected chi connectivity index (χ3v) is 4.78. The molecule has 110 valence electrons. The second-order valence-electron chi connectivity index (χ2n) is 4.73. The van der Waals surface area contributed by atoms with Crippen LogP contribution < -0.4 is 5.73 Å². The third-order valence-electron chi connectivity index (χ3n) is 3.20. The van der Waals surface area contributed by atoms with Crippen LogP contribution in [0.4, 0.5) is 0 Å². The first-order chi connectivity index (χ1) is 10.6. The van der Waals surface area contributed by atoms with Crippen LogP contribution in [0.25, 0.3) is 21.0 Å². The zero-order valence-electron chi connectivity index (χ0n) is 11.7. The molecule has 22 heavy (non-hydrogen) atoms. The van der Waals surface area contributed by atoms with Crippen molar-refractivity contribution in [3.8, 4) is 21.0 Å². The summed E-state index contributed by atoms with van der Waals surface area (Å²) in [5.74, 6) is -0.540. The second-order valence-corrected chi connectivity index (χ2v) is 6.14. The molecule has 0 atom stereocenters. The van der Waals surface area contributed by atoms with Crippen LogP contribution in [-0.4, -0.2) is 15.9 Å². The van der Waals surface area contributed by atoms with Gasteiger partial charge in [-0.1, -0.05) is 17.7 Å². The molecule has 0 saturated carbocycles. The van der Waals surface area contributed by atoms with Crippen LogP contribution in [0.15, 0.2) is 42.7 Å². The lowest BCUT2D eigenvalue weighted by Gasteiger charge is -2.03. The van der Waals surface area contributed by atoms with Crippen molar-refractivity contribution in [2.24, 2.45) is 5.73 Å². The number of halogens is 1. The van der Waals surface area contributed by atoms with Crippen molar-refractivity contribution in [1.29, 1.82) is 0 Å². The fraction of sp³-hybridized carbons (Fsp3) is 0.0625. The normalized spacial score (nSPS) is 10.6. The fourth-order valence-electron chi connectivity index (χ4n) is 2.13. The monoisotopic (exact) mass is 329 g/mol. The summed E-state index contributed by atoms with van der Waals surface area (Å²) in [6.07, 6.45) is 3.50. The Balaban J connectivity index is 2.08. The highest BCUT2D eigenvalue weighted by molar-refractivity contribution is 7.18. The Hall–Kier alpha value is -2.24. The van der Waals surface area contributed by atoms with Gasteiger partial charge >= 0.3 is 0 Å². The number of nitrogens with two attached hydrogens (primary N) is 1. The molecule has 0 saturated heterocycles. The van der Waals surface area contributed by atoms with E-state index in [0.29, 0.717) is 10.6 Å². The molecule has 0 bridgehead atoms. The number of carbonyl (C=O) groups is 1. The summed E-state index contributed by atoms with van der Waals surface area (Å²) >= 11 is 7.54. The predicted molar refractivity (Wildman–Crippen MR) is 89.0 cm³/mol. The van der Waals surface area contributed by atoms with Gasteiger partial charge < -0.3 is 5.73 Å². The van der Waals surface area contributed by atoms with Gasteiger partial charge in [-0.25, -0.2) is 4.98 Å². The molecule has 2 N–H and O–H groups in total. The number of aryl methyl sites for hydroxylation is 1. The second kappa shape index (κ2) is 5.87. The first-order valence-corrected chi connectivity index (χ1v) is 7.73. The Morgan fingerprint density at radius 3 is 2.77 bits per heavy atom. The van der Waals surface area contributed by atoms with E-state index in [-0.39, 0.29) is 0 Å². The van der Waals surface area contributed by atoms with Crippen LogP contribution in [-0.2, 0) is 0 Å². The van der Waals surface area contributed by atoms with Crippen molar-refractivity contribution in [1.82, 2.24) is 9.97 Å². The van der Waals surface area contributed by atoms with E-state index in [0.717, 1.165) is 26.7 Å². The highest BCUT2D eigenvalue weighted by Gasteiger charge is 2.14. The van der Waals surface area contributed by atoms with Crippen molar-refractivity contribution in [3.05, 3.63) is 59.0 Å². The molecule has 2 heterocycles. The van der Waals surface area contributed by atoms with Gasteiger partial charge in [0.2, 0.25) is 5.91 Å². The summed E-state index contributed by atoms with van der Waals surface area (Å²) in [6.45, 7) is 1.93. The minimum atomic E-state index is -0.540. The highest BCUT2D eigenvalue weighted by Crippen LogP contribution is 2.36. The maximum atomic E-state index is 11.4. The molecular formula is C16H12ClN3OS. The van der Waals surface area contributed by atoms with Gasteiger partial charge in [0.15, 0.2) is 0 Å². The first-order valence-electron chi connectivity index (χ1n) is 6.54. The maximum absolute atomic E-state index is 11.4. The summed E-state index contributed by atoms with van der Waals surface area (Å²) in [6, 6.07) is 9.09. The van der Waals surface area contributed by atoms with E-state index >= 15 is 0 Å². The number of thiazole rings is 1. The molecule has 4 nitrogen and oxygen atoms in total. The minimum Gasteiger partial charge on any atom is -0.366 e. The van der Waals surface area contributed by atoms with E-state index in [2.05, 4.69) is 9.97 Å². The van der Waals surface area contributed by atoms with Gasteiger partial charge in [-0.2, -0.15) is 0 Å². The van der Waals surface area contributed by atoms with E-state index in [1.807, 2.05) is 25.1 Å². The van der Waals surface area contributed by atoms with Crippen molar-refractivity contribution in [2.75, 3.05) is 0 Å². The number of nitrogens with zero attached hydrogens (tertiary/aromatic N) is 2. The predicted octanol–water partition coefficient (Wildman–Crippen LogP) is 3.93. The molecule has 3 rings (SSSR count). The van der Waals surface area contributed by atoms with Crippen LogP contribution in [0, 0.1) is 6.92 Å². The van der Waals surface area contributed by atoms with Crippen molar-refractivity contribution < 1.29 is 4.79 Å². The molecule has 1 amide bonds. The number of pyridine rings is 1. The maximum Gasteiger partial charge on any atom is 0.250 e. The highest BCUT2D eigenvalue weighted by atomic mass is 35.5. The van der Waals surface area contributed by atoms with Gasteiger partial charge in [0.1, 0.15) is 5.01 Å². The zero-order chi connectivity index (χ0) is 15.7. The van der Waals surface area contributed by atoms with E-state index in [9.17, 15) is 4.79 Å². The molecule has 1 aromatic carbocycles. The van der Waals surface area contributed by atoms with E-state index in [1.165, 1.54) is 0 Å². The van der Waals surface area contributed by atoms with Gasteiger partial charge in [0.05, 0.1) is 21.2 Å². The molecule has 0 aliphatic heterocycles. The Bertz CT molecular complexity index is 846. The number of amides is 1. The summed E-state index contributed by atoms with van der Waals surface area (Å²) in [4.78, 5) is 21.1. The summed E-state index contributed by atoms with van der Waals surface area (Å²) < 4.78 is 0. The lowest BCUT2D eigenvalue weighted by molar-refractivity contribution is 0.100. The van der Waals surface area contributed by atoms with E-state index in [1.54, 1.807) is 35.9 Å². The largest absolute Gasteiger partial charge is 0.366 e. The van der Waals surface area contributed by atoms with Crippen molar-refractivity contribution in [2.45, 2.75) is 6.92 Å². The molecule has 3 aromatic rings. The van der Waals surface area contributed by atoms with Crippen molar-refractivity contribution >= 4 is 28.8 Å². The average molecular weight is 330 g/mol. The average Bonchev–Trinajstić information content (AvgIpc) is 2.90. The van der Waals surface area contributed by atoms with Gasteiger partial charge in [-0.3, -0.25) is 9.78 Å². The van der Waals surface area contributed by atoms with Crippen LogP contribution in [0.3, 0.4) is 0 Å². The molecule has 0 unspecified atom stereocenters. The smallest absolute Gasteiger partial charge is 0.250 e. The Kier molecular flexibility index (Phi) is 3.92. The number of hydrogen-bond donors (Lipinski definition) is 1. The molecule has 2 aromatic heterocycles. The van der Waals surface area contributed by atoms with Gasteiger partial charge in [-0.15, -0.1) is 11.3 Å². The Labute approximate surface area is 136 Å².